The summed E-state index contributed by atoms with van der Waals surface area (Å²) >= 11 is 6.83. The number of hydrogen-bond donors (Lipinski definition) is 1. The third-order valence-corrected chi connectivity index (χ3v) is 5.36. The van der Waals surface area contributed by atoms with Gasteiger partial charge >= 0.3 is 0 Å². The van der Waals surface area contributed by atoms with Gasteiger partial charge in [0.05, 0.1) is 10.5 Å². The second-order valence-corrected chi connectivity index (χ2v) is 6.42. The molecule has 0 radical (unpaired) electrons. The van der Waals surface area contributed by atoms with Gasteiger partial charge in [-0.3, -0.25) is 4.90 Å². The molecular weight excluding hydrogens is 362 g/mol. The Morgan fingerprint density at radius 2 is 2.22 bits per heavy atom. The molecule has 0 saturated carbocycles. The van der Waals surface area contributed by atoms with Crippen molar-refractivity contribution in [1.29, 1.82) is 0 Å². The van der Waals surface area contributed by atoms with Crippen LogP contribution in [-0.4, -0.2) is 49.1 Å². The normalized spacial score (nSPS) is 24.4. The highest BCUT2D eigenvalue weighted by Crippen LogP contribution is 2.32. The summed E-state index contributed by atoms with van der Waals surface area (Å²) in [7, 11) is 2.17. The lowest BCUT2D eigenvalue weighted by Crippen LogP contribution is -2.52. The molecule has 2 heterocycles. The molecule has 2 unspecified atom stereocenters. The molecule has 1 aromatic heterocycles. The summed E-state index contributed by atoms with van der Waals surface area (Å²) in [5.74, 6) is 0.924. The van der Waals surface area contributed by atoms with Crippen molar-refractivity contribution >= 4 is 31.9 Å². The molecule has 18 heavy (non-hydrogen) atoms. The molecule has 102 valence electrons. The molecule has 2 atom stereocenters. The number of rotatable bonds is 3. The Morgan fingerprint density at radius 3 is 2.72 bits per heavy atom. The van der Waals surface area contributed by atoms with Crippen LogP contribution in [0.5, 0.6) is 0 Å². The van der Waals surface area contributed by atoms with Crippen molar-refractivity contribution < 1.29 is 4.42 Å². The second-order valence-electron chi connectivity index (χ2n) is 4.85. The first-order chi connectivity index (χ1) is 8.52. The van der Waals surface area contributed by atoms with Gasteiger partial charge in [-0.1, -0.05) is 0 Å². The van der Waals surface area contributed by atoms with E-state index in [2.05, 4.69) is 55.6 Å². The lowest BCUT2D eigenvalue weighted by molar-refractivity contribution is 0.0662. The Balaban J connectivity index is 2.13. The number of piperazine rings is 1. The summed E-state index contributed by atoms with van der Waals surface area (Å²) in [6.45, 7) is 5.93. The van der Waals surface area contributed by atoms with E-state index in [1.807, 2.05) is 6.07 Å². The van der Waals surface area contributed by atoms with Gasteiger partial charge in [-0.2, -0.15) is 0 Å². The molecule has 4 nitrogen and oxygen atoms in total. The molecule has 0 bridgehead atoms. The van der Waals surface area contributed by atoms with E-state index in [4.69, 9.17) is 10.2 Å². The zero-order valence-electron chi connectivity index (χ0n) is 10.7. The van der Waals surface area contributed by atoms with Crippen molar-refractivity contribution in [2.45, 2.75) is 19.0 Å². The summed E-state index contributed by atoms with van der Waals surface area (Å²) in [4.78, 5) is 4.78. The molecule has 2 N–H and O–H groups in total. The summed E-state index contributed by atoms with van der Waals surface area (Å²) in [5, 5.41) is 0. The van der Waals surface area contributed by atoms with Gasteiger partial charge in [0, 0.05) is 32.2 Å². The maximum absolute atomic E-state index is 5.93. The molecule has 0 aliphatic carbocycles. The molecule has 0 spiro atoms. The zero-order chi connectivity index (χ0) is 13.3. The molecule has 1 aliphatic rings. The minimum atomic E-state index is 0.156. The van der Waals surface area contributed by atoms with Crippen LogP contribution in [-0.2, 0) is 0 Å². The van der Waals surface area contributed by atoms with Crippen molar-refractivity contribution in [3.05, 3.63) is 21.0 Å². The Hall–Kier alpha value is 0.120. The SMILES string of the molecule is CC1CN(C(CN)c2cc(Br)c(Br)o2)CCN1C. The van der Waals surface area contributed by atoms with Crippen LogP contribution in [0.4, 0.5) is 0 Å². The van der Waals surface area contributed by atoms with Crippen molar-refractivity contribution in [1.82, 2.24) is 9.80 Å². The van der Waals surface area contributed by atoms with E-state index in [9.17, 15) is 0 Å². The van der Waals surface area contributed by atoms with Gasteiger partial charge in [0.15, 0.2) is 4.67 Å². The number of likely N-dealkylation sites (N-methyl/N-ethyl adjacent to an activating group) is 1. The van der Waals surface area contributed by atoms with Crippen LogP contribution in [0.1, 0.15) is 18.7 Å². The Morgan fingerprint density at radius 1 is 1.50 bits per heavy atom. The first-order valence-electron chi connectivity index (χ1n) is 6.12. The first-order valence-corrected chi connectivity index (χ1v) is 7.70. The van der Waals surface area contributed by atoms with E-state index in [-0.39, 0.29) is 6.04 Å². The van der Waals surface area contributed by atoms with E-state index < -0.39 is 0 Å². The van der Waals surface area contributed by atoms with Gasteiger partial charge in [0.25, 0.3) is 0 Å². The quantitative estimate of drug-likeness (QED) is 0.874. The minimum Gasteiger partial charge on any atom is -0.451 e. The molecule has 2 rings (SSSR count). The predicted molar refractivity (Wildman–Crippen MR) is 79.6 cm³/mol. The fourth-order valence-corrected chi connectivity index (χ4v) is 2.94. The Labute approximate surface area is 125 Å². The van der Waals surface area contributed by atoms with Crippen LogP contribution in [0.3, 0.4) is 0 Å². The predicted octanol–water partition coefficient (Wildman–Crippen LogP) is 2.44. The highest BCUT2D eigenvalue weighted by atomic mass is 79.9. The average Bonchev–Trinajstić information content (AvgIpc) is 2.65. The molecule has 1 aliphatic heterocycles. The maximum atomic E-state index is 5.93. The lowest BCUT2D eigenvalue weighted by Gasteiger charge is -2.40. The van der Waals surface area contributed by atoms with Crippen LogP contribution in [0, 0.1) is 0 Å². The van der Waals surface area contributed by atoms with Crippen LogP contribution in [0.15, 0.2) is 19.6 Å². The topological polar surface area (TPSA) is 45.6 Å². The van der Waals surface area contributed by atoms with Gasteiger partial charge in [-0.05, 0) is 51.9 Å². The van der Waals surface area contributed by atoms with Crippen LogP contribution < -0.4 is 5.73 Å². The number of furan rings is 1. The van der Waals surface area contributed by atoms with Crippen molar-refractivity contribution in [2.24, 2.45) is 5.73 Å². The summed E-state index contributed by atoms with van der Waals surface area (Å²) in [5.41, 5.74) is 5.93. The number of nitrogens with zero attached hydrogens (tertiary/aromatic N) is 2. The molecule has 0 amide bonds. The second kappa shape index (κ2) is 6.05. The summed E-state index contributed by atoms with van der Waals surface area (Å²) < 4.78 is 7.39. The standard InChI is InChI=1S/C12H19Br2N3O/c1-8-7-17(4-3-16(8)2)10(6-15)11-5-9(13)12(14)18-11/h5,8,10H,3-4,6-7,15H2,1-2H3. The van der Waals surface area contributed by atoms with Crippen molar-refractivity contribution in [3.8, 4) is 0 Å². The number of hydrogen-bond acceptors (Lipinski definition) is 4. The molecule has 0 aromatic carbocycles. The third-order valence-electron chi connectivity index (χ3n) is 3.65. The summed E-state index contributed by atoms with van der Waals surface area (Å²) in [6, 6.07) is 2.71. The zero-order valence-corrected chi connectivity index (χ0v) is 13.9. The number of nitrogens with two attached hydrogens (primary N) is 1. The molecule has 1 aromatic rings. The molecule has 1 fully saturated rings. The number of halogens is 2. The highest BCUT2D eigenvalue weighted by molar-refractivity contribution is 9.13. The molecule has 1 saturated heterocycles. The van der Waals surface area contributed by atoms with Crippen LogP contribution in [0.2, 0.25) is 0 Å². The first kappa shape index (κ1) is 14.5. The third kappa shape index (κ3) is 2.99. The fourth-order valence-electron chi connectivity index (χ4n) is 2.33. The monoisotopic (exact) mass is 379 g/mol. The van der Waals surface area contributed by atoms with Crippen LogP contribution in [0.25, 0.3) is 0 Å². The van der Waals surface area contributed by atoms with Crippen LogP contribution >= 0.6 is 31.9 Å². The smallest absolute Gasteiger partial charge is 0.183 e. The lowest BCUT2D eigenvalue weighted by atomic mass is 10.1. The Kier molecular flexibility index (Phi) is 4.88. The van der Waals surface area contributed by atoms with Crippen molar-refractivity contribution in [2.75, 3.05) is 33.2 Å². The van der Waals surface area contributed by atoms with E-state index in [1.165, 1.54) is 0 Å². The Bertz CT molecular complexity index is 391. The van der Waals surface area contributed by atoms with Gasteiger partial charge in [0.2, 0.25) is 0 Å². The van der Waals surface area contributed by atoms with Gasteiger partial charge < -0.3 is 15.1 Å². The largest absolute Gasteiger partial charge is 0.451 e. The van der Waals surface area contributed by atoms with E-state index in [1.54, 1.807) is 0 Å². The molecular formula is C12H19Br2N3O. The summed E-state index contributed by atoms with van der Waals surface area (Å²) in [6.07, 6.45) is 0. The molecule has 6 heteroatoms. The van der Waals surface area contributed by atoms with E-state index in [0.717, 1.165) is 34.5 Å². The van der Waals surface area contributed by atoms with Crippen molar-refractivity contribution in [3.63, 3.8) is 0 Å². The fraction of sp³-hybridized carbons (Fsp3) is 0.667. The van der Waals surface area contributed by atoms with Gasteiger partial charge in [-0.15, -0.1) is 0 Å². The highest BCUT2D eigenvalue weighted by Gasteiger charge is 2.29. The van der Waals surface area contributed by atoms with E-state index >= 15 is 0 Å². The minimum absolute atomic E-state index is 0.156. The van der Waals surface area contributed by atoms with Gasteiger partial charge in [0.1, 0.15) is 5.76 Å². The maximum Gasteiger partial charge on any atom is 0.183 e. The van der Waals surface area contributed by atoms with E-state index in [0.29, 0.717) is 12.6 Å². The average molecular weight is 381 g/mol. The van der Waals surface area contributed by atoms with Gasteiger partial charge in [-0.25, -0.2) is 0 Å².